The average Bonchev–Trinajstić information content (AvgIpc) is 3.11. The second kappa shape index (κ2) is 15.2. The third kappa shape index (κ3) is 7.07. The molecule has 5 rings (SSSR count). The molecule has 0 saturated carbocycles. The number of ether oxygens (including phenoxy) is 5. The summed E-state index contributed by atoms with van der Waals surface area (Å²) >= 11 is 6.62. The molecule has 4 aromatic rings. The molecule has 0 spiro atoms. The predicted octanol–water partition coefficient (Wildman–Crippen LogP) is 6.58. The molecule has 47 heavy (non-hydrogen) atoms. The van der Waals surface area contributed by atoms with Crippen molar-refractivity contribution in [3.8, 4) is 5.75 Å². The summed E-state index contributed by atoms with van der Waals surface area (Å²) in [4.78, 5) is 0. The van der Waals surface area contributed by atoms with Crippen LogP contribution in [-0.4, -0.2) is 55.5 Å². The molecule has 2 N–H and O–H groups in total. The number of benzene rings is 4. The number of aliphatic hydroxyl groups excluding tert-OH is 2. The van der Waals surface area contributed by atoms with Crippen LogP contribution in [0.2, 0.25) is 5.02 Å². The van der Waals surface area contributed by atoms with E-state index in [1.807, 2.05) is 67.6 Å². The molecule has 1 saturated heterocycles. The van der Waals surface area contributed by atoms with Crippen molar-refractivity contribution < 1.29 is 42.7 Å². The minimum absolute atomic E-state index is 0.0630. The maximum absolute atomic E-state index is 15.1. The van der Waals surface area contributed by atoms with Crippen LogP contribution in [0.4, 0.5) is 8.78 Å². The summed E-state index contributed by atoms with van der Waals surface area (Å²) in [5, 5.41) is 21.8. The molecule has 0 unspecified atom stereocenters. The molecular weight excluding hydrogens is 630 g/mol. The monoisotopic (exact) mass is 668 g/mol. The van der Waals surface area contributed by atoms with E-state index >= 15 is 4.39 Å². The van der Waals surface area contributed by atoms with E-state index in [-0.39, 0.29) is 30.9 Å². The van der Waals surface area contributed by atoms with E-state index in [2.05, 4.69) is 0 Å². The Bertz CT molecular complexity index is 1620. The Kier molecular flexibility index (Phi) is 11.3. The van der Waals surface area contributed by atoms with E-state index in [1.54, 1.807) is 18.2 Å². The normalized spacial score (nSPS) is 22.3. The fourth-order valence-electron chi connectivity index (χ4n) is 6.09. The first kappa shape index (κ1) is 34.9. The maximum Gasteiger partial charge on any atom is 0.225 e. The van der Waals surface area contributed by atoms with Crippen molar-refractivity contribution in [3.63, 3.8) is 0 Å². The first-order valence-corrected chi connectivity index (χ1v) is 15.7. The summed E-state index contributed by atoms with van der Waals surface area (Å²) in [5.41, 5.74) is 1.22. The molecule has 4 atom stereocenters. The molecule has 0 amide bonds. The van der Waals surface area contributed by atoms with Crippen LogP contribution in [0.25, 0.3) is 0 Å². The standard InChI is InChI=1S/C37H39ClF2O7/c1-24-34(45-20-25-10-6-4-7-11-25)35(46-21-26-12-8-5-9-13-26)37(44-3,47-36(24,22-41)23-42)29-15-16-30(38)28(19-29)18-27-14-17-31(43-2)33(40)32(27)39/h4-17,19,24,34-35,41-42H,18,20-23H2,1-3H3/t24-,34-,35+,37-/m0/s1. The van der Waals surface area contributed by atoms with Crippen molar-refractivity contribution in [3.05, 3.63) is 135 Å². The lowest BCUT2D eigenvalue weighted by atomic mass is 9.75. The van der Waals surface area contributed by atoms with Gasteiger partial charge in [-0.2, -0.15) is 4.39 Å². The van der Waals surface area contributed by atoms with Gasteiger partial charge in [0.2, 0.25) is 11.6 Å². The van der Waals surface area contributed by atoms with Gasteiger partial charge in [-0.15, -0.1) is 0 Å². The topological polar surface area (TPSA) is 86.6 Å². The van der Waals surface area contributed by atoms with Gasteiger partial charge < -0.3 is 33.9 Å². The summed E-state index contributed by atoms with van der Waals surface area (Å²) in [6.07, 6.45) is -1.77. The van der Waals surface area contributed by atoms with Crippen molar-refractivity contribution in [1.29, 1.82) is 0 Å². The first-order valence-electron chi connectivity index (χ1n) is 15.3. The van der Waals surface area contributed by atoms with E-state index < -0.39 is 54.4 Å². The van der Waals surface area contributed by atoms with Crippen LogP contribution < -0.4 is 4.74 Å². The Labute approximate surface area is 278 Å². The van der Waals surface area contributed by atoms with Gasteiger partial charge in [-0.05, 0) is 40.5 Å². The molecule has 1 heterocycles. The third-order valence-corrected chi connectivity index (χ3v) is 9.29. The number of halogens is 3. The fourth-order valence-corrected chi connectivity index (χ4v) is 6.28. The Balaban J connectivity index is 1.61. The lowest BCUT2D eigenvalue weighted by molar-refractivity contribution is -0.404. The molecular formula is C37H39ClF2O7. The SMILES string of the molecule is COc1ccc(Cc2cc([C@]3(OC)OC(CO)(CO)[C@@H](C)[C@H](OCc4ccccc4)[C@H]3OCc3ccccc3)ccc2Cl)c(F)c1F. The van der Waals surface area contributed by atoms with Gasteiger partial charge in [-0.25, -0.2) is 4.39 Å². The smallest absolute Gasteiger partial charge is 0.225 e. The number of hydrogen-bond acceptors (Lipinski definition) is 7. The van der Waals surface area contributed by atoms with Gasteiger partial charge in [0.15, 0.2) is 11.6 Å². The van der Waals surface area contributed by atoms with Crippen LogP contribution in [0.3, 0.4) is 0 Å². The van der Waals surface area contributed by atoms with Gasteiger partial charge >= 0.3 is 0 Å². The van der Waals surface area contributed by atoms with Gasteiger partial charge in [-0.1, -0.05) is 91.3 Å². The third-order valence-electron chi connectivity index (χ3n) is 8.92. The van der Waals surface area contributed by atoms with Crippen molar-refractivity contribution >= 4 is 11.6 Å². The van der Waals surface area contributed by atoms with Gasteiger partial charge in [0.25, 0.3) is 0 Å². The molecule has 0 aromatic heterocycles. The minimum atomic E-state index is -1.75. The Morgan fingerprint density at radius 3 is 1.98 bits per heavy atom. The van der Waals surface area contributed by atoms with Crippen LogP contribution in [0.1, 0.15) is 34.7 Å². The largest absolute Gasteiger partial charge is 0.494 e. The molecule has 0 aliphatic carbocycles. The molecule has 1 fully saturated rings. The highest BCUT2D eigenvalue weighted by molar-refractivity contribution is 6.31. The summed E-state index contributed by atoms with van der Waals surface area (Å²) in [7, 11) is 2.70. The average molecular weight is 669 g/mol. The second-order valence-electron chi connectivity index (χ2n) is 11.7. The van der Waals surface area contributed by atoms with Gasteiger partial charge in [-0.3, -0.25) is 0 Å². The van der Waals surface area contributed by atoms with Crippen LogP contribution >= 0.6 is 11.6 Å². The number of rotatable bonds is 13. The first-order chi connectivity index (χ1) is 22.7. The molecule has 10 heteroatoms. The van der Waals surface area contributed by atoms with Gasteiger partial charge in [0.1, 0.15) is 11.7 Å². The van der Waals surface area contributed by atoms with Crippen LogP contribution in [0, 0.1) is 17.6 Å². The minimum Gasteiger partial charge on any atom is -0.494 e. The molecule has 1 aliphatic heterocycles. The van der Waals surface area contributed by atoms with Crippen LogP contribution in [0.15, 0.2) is 91.0 Å². The van der Waals surface area contributed by atoms with Crippen molar-refractivity contribution in [1.82, 2.24) is 0 Å². The van der Waals surface area contributed by atoms with Crippen LogP contribution in [0.5, 0.6) is 5.75 Å². The van der Waals surface area contributed by atoms with Crippen LogP contribution in [-0.2, 0) is 44.4 Å². The summed E-state index contributed by atoms with van der Waals surface area (Å²) in [5.74, 6) is -4.68. The summed E-state index contributed by atoms with van der Waals surface area (Å²) in [6.45, 7) is 1.10. The van der Waals surface area contributed by atoms with Crippen molar-refractivity contribution in [2.24, 2.45) is 5.92 Å². The Hall–Kier alpha value is -3.41. The summed E-state index contributed by atoms with van der Waals surface area (Å²) < 4.78 is 60.7. The second-order valence-corrected chi connectivity index (χ2v) is 12.1. The predicted molar refractivity (Wildman–Crippen MR) is 173 cm³/mol. The molecule has 0 bridgehead atoms. The quantitative estimate of drug-likeness (QED) is 0.167. The lowest BCUT2D eigenvalue weighted by Crippen LogP contribution is -2.69. The highest BCUT2D eigenvalue weighted by atomic mass is 35.5. The maximum atomic E-state index is 15.1. The highest BCUT2D eigenvalue weighted by Crippen LogP contribution is 2.49. The molecule has 7 nitrogen and oxygen atoms in total. The molecule has 0 radical (unpaired) electrons. The number of hydrogen-bond donors (Lipinski definition) is 2. The number of aliphatic hydroxyl groups is 2. The van der Waals surface area contributed by atoms with E-state index in [0.717, 1.165) is 11.1 Å². The number of methoxy groups -OCH3 is 2. The zero-order chi connectivity index (χ0) is 33.6. The van der Waals surface area contributed by atoms with E-state index in [9.17, 15) is 14.6 Å². The van der Waals surface area contributed by atoms with E-state index in [1.165, 1.54) is 26.4 Å². The zero-order valence-corrected chi connectivity index (χ0v) is 27.3. The highest BCUT2D eigenvalue weighted by Gasteiger charge is 2.62. The Morgan fingerprint density at radius 1 is 0.787 bits per heavy atom. The van der Waals surface area contributed by atoms with Gasteiger partial charge in [0, 0.05) is 30.0 Å². The zero-order valence-electron chi connectivity index (χ0n) is 26.5. The lowest BCUT2D eigenvalue weighted by Gasteiger charge is -2.56. The van der Waals surface area contributed by atoms with E-state index in [0.29, 0.717) is 16.1 Å². The molecule has 4 aromatic carbocycles. The van der Waals surface area contributed by atoms with Gasteiger partial charge in [0.05, 0.1) is 39.6 Å². The Morgan fingerprint density at radius 2 is 1.40 bits per heavy atom. The molecule has 250 valence electrons. The van der Waals surface area contributed by atoms with Crippen molar-refractivity contribution in [2.75, 3.05) is 27.4 Å². The molecule has 1 aliphatic rings. The van der Waals surface area contributed by atoms with Crippen molar-refractivity contribution in [2.45, 2.75) is 50.2 Å². The van der Waals surface area contributed by atoms with E-state index in [4.69, 9.17) is 35.3 Å². The summed E-state index contributed by atoms with van der Waals surface area (Å²) in [6, 6.07) is 26.9. The fraction of sp³-hybridized carbons (Fsp3) is 0.351.